The maximum absolute atomic E-state index is 12.9. The van der Waals surface area contributed by atoms with Crippen molar-refractivity contribution in [1.82, 2.24) is 14.2 Å². The summed E-state index contributed by atoms with van der Waals surface area (Å²) in [5, 5.41) is 1.04. The summed E-state index contributed by atoms with van der Waals surface area (Å²) in [6.07, 6.45) is 3.73. The van der Waals surface area contributed by atoms with E-state index in [9.17, 15) is 4.79 Å². The van der Waals surface area contributed by atoms with Crippen molar-refractivity contribution >= 4 is 27.5 Å². The Balaban J connectivity index is 1.47. The van der Waals surface area contributed by atoms with Gasteiger partial charge in [-0.3, -0.25) is 9.69 Å². The van der Waals surface area contributed by atoms with Gasteiger partial charge in [-0.25, -0.2) is 0 Å². The molecule has 1 saturated carbocycles. The first-order valence-corrected chi connectivity index (χ1v) is 8.88. The minimum atomic E-state index is 0.131. The monoisotopic (exact) mass is 313 g/mol. The predicted molar refractivity (Wildman–Crippen MR) is 87.5 cm³/mol. The molecule has 2 saturated heterocycles. The Hall–Kier alpha value is -1.46. The van der Waals surface area contributed by atoms with E-state index in [1.807, 2.05) is 4.90 Å². The Bertz CT molecular complexity index is 764. The maximum atomic E-state index is 12.9. The second-order valence-electron chi connectivity index (χ2n) is 7.00. The number of hydrogen-bond donors (Lipinski definition) is 0. The van der Waals surface area contributed by atoms with Gasteiger partial charge in [-0.15, -0.1) is 0 Å². The quantitative estimate of drug-likeness (QED) is 0.855. The number of likely N-dealkylation sites (N-methyl/N-ethyl adjacent to an activating group) is 1. The first-order chi connectivity index (χ1) is 10.7. The number of amides is 1. The molecule has 1 aliphatic carbocycles. The van der Waals surface area contributed by atoms with Gasteiger partial charge in [-0.1, -0.05) is 12.1 Å². The highest BCUT2D eigenvalue weighted by Crippen LogP contribution is 2.42. The predicted octanol–water partition coefficient (Wildman–Crippen LogP) is 2.70. The first kappa shape index (κ1) is 13.0. The molecule has 3 heterocycles. The Morgan fingerprint density at radius 3 is 2.82 bits per heavy atom. The largest absolute Gasteiger partial charge is 0.331 e. The molecule has 2 bridgehead atoms. The normalized spacial score (nSPS) is 28.0. The SMILES string of the molecule is CN1CC2CC1CN2C(=O)c1nsc2cc(C3CC3)ccc12. The van der Waals surface area contributed by atoms with Gasteiger partial charge in [0, 0.05) is 30.6 Å². The number of piperazine rings is 1. The molecule has 0 N–H and O–H groups in total. The molecule has 114 valence electrons. The molecule has 2 unspecified atom stereocenters. The van der Waals surface area contributed by atoms with E-state index in [1.165, 1.54) is 29.9 Å². The smallest absolute Gasteiger partial charge is 0.274 e. The lowest BCUT2D eigenvalue weighted by Crippen LogP contribution is -2.47. The van der Waals surface area contributed by atoms with Crippen molar-refractivity contribution in [2.45, 2.75) is 37.3 Å². The summed E-state index contributed by atoms with van der Waals surface area (Å²) < 4.78 is 5.66. The van der Waals surface area contributed by atoms with Gasteiger partial charge in [0.25, 0.3) is 5.91 Å². The third-order valence-electron chi connectivity index (χ3n) is 5.52. The molecular weight excluding hydrogens is 294 g/mol. The molecule has 5 heteroatoms. The van der Waals surface area contributed by atoms with Crippen LogP contribution in [-0.4, -0.2) is 52.3 Å². The summed E-state index contributed by atoms with van der Waals surface area (Å²) >= 11 is 1.47. The van der Waals surface area contributed by atoms with E-state index < -0.39 is 0 Å². The summed E-state index contributed by atoms with van der Waals surface area (Å²) in [4.78, 5) is 17.3. The van der Waals surface area contributed by atoms with Gasteiger partial charge in [0.1, 0.15) is 5.69 Å². The van der Waals surface area contributed by atoms with Gasteiger partial charge in [-0.05, 0) is 55.4 Å². The van der Waals surface area contributed by atoms with Crippen molar-refractivity contribution in [3.05, 3.63) is 29.5 Å². The maximum Gasteiger partial charge on any atom is 0.274 e. The first-order valence-electron chi connectivity index (χ1n) is 8.11. The zero-order chi connectivity index (χ0) is 14.8. The molecule has 0 radical (unpaired) electrons. The highest BCUT2D eigenvalue weighted by Gasteiger charge is 2.44. The fourth-order valence-corrected chi connectivity index (χ4v) is 4.85. The van der Waals surface area contributed by atoms with E-state index >= 15 is 0 Å². The van der Waals surface area contributed by atoms with Gasteiger partial charge < -0.3 is 4.90 Å². The molecule has 5 rings (SSSR count). The Labute approximate surface area is 133 Å². The zero-order valence-electron chi connectivity index (χ0n) is 12.7. The van der Waals surface area contributed by atoms with Crippen molar-refractivity contribution in [1.29, 1.82) is 0 Å². The summed E-state index contributed by atoms with van der Waals surface area (Å²) in [5.74, 6) is 0.876. The Morgan fingerprint density at radius 2 is 2.14 bits per heavy atom. The number of nitrogens with zero attached hydrogens (tertiary/aromatic N) is 3. The van der Waals surface area contributed by atoms with E-state index in [4.69, 9.17) is 0 Å². The van der Waals surface area contributed by atoms with Crippen LogP contribution in [0.3, 0.4) is 0 Å². The number of rotatable bonds is 2. The third-order valence-corrected chi connectivity index (χ3v) is 6.33. The van der Waals surface area contributed by atoms with Crippen molar-refractivity contribution in [3.63, 3.8) is 0 Å². The van der Waals surface area contributed by atoms with Crippen LogP contribution >= 0.6 is 11.5 Å². The van der Waals surface area contributed by atoms with Crippen molar-refractivity contribution in [2.24, 2.45) is 0 Å². The second-order valence-corrected chi connectivity index (χ2v) is 7.81. The lowest BCUT2D eigenvalue weighted by Gasteiger charge is -2.31. The fourth-order valence-electron chi connectivity index (χ4n) is 4.03. The number of likely N-dealkylation sites (tertiary alicyclic amines) is 2. The zero-order valence-corrected chi connectivity index (χ0v) is 13.5. The second kappa shape index (κ2) is 4.52. The fraction of sp³-hybridized carbons (Fsp3) is 0.529. The summed E-state index contributed by atoms with van der Waals surface area (Å²) in [7, 11) is 2.16. The van der Waals surface area contributed by atoms with Crippen LogP contribution < -0.4 is 0 Å². The number of benzene rings is 1. The molecule has 1 aromatic carbocycles. The van der Waals surface area contributed by atoms with E-state index in [-0.39, 0.29) is 5.91 Å². The van der Waals surface area contributed by atoms with E-state index in [0.29, 0.717) is 17.8 Å². The number of fused-ring (bicyclic) bond motifs is 3. The average Bonchev–Trinajstić information content (AvgIpc) is 3.01. The van der Waals surface area contributed by atoms with Crippen LogP contribution in [0.25, 0.3) is 10.1 Å². The van der Waals surface area contributed by atoms with Gasteiger partial charge in [0.05, 0.1) is 4.70 Å². The van der Waals surface area contributed by atoms with E-state index in [2.05, 4.69) is 34.5 Å². The highest BCUT2D eigenvalue weighted by atomic mass is 32.1. The Kier molecular flexibility index (Phi) is 2.68. The molecule has 1 amide bonds. The summed E-state index contributed by atoms with van der Waals surface area (Å²) in [6, 6.07) is 7.46. The van der Waals surface area contributed by atoms with Crippen molar-refractivity contribution in [2.75, 3.05) is 20.1 Å². The topological polar surface area (TPSA) is 36.4 Å². The lowest BCUT2D eigenvalue weighted by atomic mass is 10.1. The molecule has 0 spiro atoms. The number of aromatic nitrogens is 1. The average molecular weight is 313 g/mol. The molecule has 3 aliphatic rings. The molecule has 2 aliphatic heterocycles. The third kappa shape index (κ3) is 1.85. The van der Waals surface area contributed by atoms with Gasteiger partial charge in [0.2, 0.25) is 0 Å². The van der Waals surface area contributed by atoms with Crippen LogP contribution in [0.5, 0.6) is 0 Å². The molecule has 2 atom stereocenters. The molecule has 2 aromatic rings. The Morgan fingerprint density at radius 1 is 1.27 bits per heavy atom. The standard InChI is InChI=1S/C17H19N3OS/c1-19-8-13-7-12(19)9-20(13)17(21)16-14-5-4-11(10-2-3-10)6-15(14)22-18-16/h4-6,10,12-13H,2-3,7-9H2,1H3. The molecule has 22 heavy (non-hydrogen) atoms. The van der Waals surface area contributed by atoms with Gasteiger partial charge in [-0.2, -0.15) is 4.37 Å². The summed E-state index contributed by atoms with van der Waals surface area (Å²) in [5.41, 5.74) is 2.08. The molecule has 3 fully saturated rings. The van der Waals surface area contributed by atoms with Crippen LogP contribution in [0, 0.1) is 0 Å². The van der Waals surface area contributed by atoms with Crippen LogP contribution in [0.1, 0.15) is 41.2 Å². The summed E-state index contributed by atoms with van der Waals surface area (Å²) in [6.45, 7) is 1.86. The molecule has 4 nitrogen and oxygen atoms in total. The number of carbonyl (C=O) groups excluding carboxylic acids is 1. The van der Waals surface area contributed by atoms with Crippen LogP contribution in [0.4, 0.5) is 0 Å². The van der Waals surface area contributed by atoms with Crippen LogP contribution in [0.15, 0.2) is 18.2 Å². The van der Waals surface area contributed by atoms with Crippen LogP contribution in [0.2, 0.25) is 0 Å². The van der Waals surface area contributed by atoms with Crippen molar-refractivity contribution in [3.8, 4) is 0 Å². The van der Waals surface area contributed by atoms with E-state index in [1.54, 1.807) is 0 Å². The highest BCUT2D eigenvalue weighted by molar-refractivity contribution is 7.13. The minimum Gasteiger partial charge on any atom is -0.331 e. The molecular formula is C17H19N3OS. The lowest BCUT2D eigenvalue weighted by molar-refractivity contribution is 0.0648. The van der Waals surface area contributed by atoms with Crippen LogP contribution in [-0.2, 0) is 0 Å². The van der Waals surface area contributed by atoms with E-state index in [0.717, 1.165) is 35.5 Å². The van der Waals surface area contributed by atoms with Crippen molar-refractivity contribution < 1.29 is 4.79 Å². The number of carbonyl (C=O) groups is 1. The minimum absolute atomic E-state index is 0.131. The van der Waals surface area contributed by atoms with Gasteiger partial charge in [0.15, 0.2) is 0 Å². The molecule has 1 aromatic heterocycles. The number of hydrogen-bond acceptors (Lipinski definition) is 4. The van der Waals surface area contributed by atoms with Gasteiger partial charge >= 0.3 is 0 Å².